The van der Waals surface area contributed by atoms with Gasteiger partial charge in [0.05, 0.1) is 12.9 Å². The van der Waals surface area contributed by atoms with Gasteiger partial charge in [0.2, 0.25) is 11.8 Å². The first kappa shape index (κ1) is 27.4. The minimum Gasteiger partial charge on any atom is -0.497 e. The van der Waals surface area contributed by atoms with E-state index >= 15 is 0 Å². The van der Waals surface area contributed by atoms with E-state index in [2.05, 4.69) is 5.32 Å². The van der Waals surface area contributed by atoms with Gasteiger partial charge >= 0.3 is 0 Å². The molecule has 0 aliphatic carbocycles. The van der Waals surface area contributed by atoms with Crippen molar-refractivity contribution in [2.75, 3.05) is 19.4 Å². The van der Waals surface area contributed by atoms with Crippen molar-refractivity contribution in [1.82, 2.24) is 10.2 Å². The number of hydrogen-bond acceptors (Lipinski definition) is 4. The van der Waals surface area contributed by atoms with Crippen LogP contribution in [0, 0.1) is 5.92 Å². The Bertz CT molecular complexity index is 919. The van der Waals surface area contributed by atoms with Crippen LogP contribution in [0.1, 0.15) is 38.3 Å². The maximum Gasteiger partial charge on any atom is 0.242 e. The summed E-state index contributed by atoms with van der Waals surface area (Å²) in [5.74, 6) is 1.50. The van der Waals surface area contributed by atoms with Crippen molar-refractivity contribution < 1.29 is 14.3 Å². The Hall–Kier alpha value is -1.89. The van der Waals surface area contributed by atoms with Gasteiger partial charge in [0, 0.05) is 28.9 Å². The maximum atomic E-state index is 13.3. The first-order chi connectivity index (χ1) is 15.8. The summed E-state index contributed by atoms with van der Waals surface area (Å²) in [5, 5.41) is 4.13. The molecule has 2 rings (SSSR count). The summed E-state index contributed by atoms with van der Waals surface area (Å²) in [5.41, 5.74) is 1.71. The smallest absolute Gasteiger partial charge is 0.242 e. The molecule has 1 unspecified atom stereocenters. The molecule has 0 aliphatic heterocycles. The zero-order chi connectivity index (χ0) is 24.4. The molecular formula is C25H32Cl2N2O3S. The number of ether oxygens (including phenoxy) is 1. The lowest BCUT2D eigenvalue weighted by Gasteiger charge is -2.31. The van der Waals surface area contributed by atoms with Crippen LogP contribution in [0.2, 0.25) is 10.0 Å². The molecule has 2 amide bonds. The summed E-state index contributed by atoms with van der Waals surface area (Å²) in [4.78, 5) is 27.9. The Kier molecular flexibility index (Phi) is 11.4. The molecule has 0 aliphatic rings. The van der Waals surface area contributed by atoms with Crippen LogP contribution >= 0.6 is 35.0 Å². The molecule has 2 aromatic rings. The Morgan fingerprint density at radius 2 is 1.79 bits per heavy atom. The van der Waals surface area contributed by atoms with E-state index in [9.17, 15) is 9.59 Å². The summed E-state index contributed by atoms with van der Waals surface area (Å²) in [6.45, 7) is 6.88. The van der Waals surface area contributed by atoms with Crippen molar-refractivity contribution >= 4 is 46.8 Å². The van der Waals surface area contributed by atoms with Crippen LogP contribution in [0.3, 0.4) is 0 Å². The third-order valence-corrected chi connectivity index (χ3v) is 6.74. The molecule has 0 spiro atoms. The minimum absolute atomic E-state index is 0.113. The molecule has 0 aromatic heterocycles. The van der Waals surface area contributed by atoms with Crippen molar-refractivity contribution in [3.05, 3.63) is 63.6 Å². The van der Waals surface area contributed by atoms with Gasteiger partial charge in [-0.25, -0.2) is 0 Å². The molecule has 180 valence electrons. The number of carbonyl (C=O) groups is 2. The quantitative estimate of drug-likeness (QED) is 0.391. The topological polar surface area (TPSA) is 58.6 Å². The van der Waals surface area contributed by atoms with Gasteiger partial charge in [-0.2, -0.15) is 0 Å². The van der Waals surface area contributed by atoms with E-state index in [0.717, 1.165) is 11.1 Å². The third-order valence-electron chi connectivity index (χ3n) is 5.09. The summed E-state index contributed by atoms with van der Waals surface area (Å²) in [7, 11) is 1.60. The van der Waals surface area contributed by atoms with Crippen molar-refractivity contribution in [3.8, 4) is 5.75 Å². The van der Waals surface area contributed by atoms with Gasteiger partial charge in [-0.15, -0.1) is 11.8 Å². The number of benzene rings is 2. The number of nitrogens with one attached hydrogen (secondary N) is 1. The second-order valence-electron chi connectivity index (χ2n) is 8.13. The van der Waals surface area contributed by atoms with Gasteiger partial charge in [-0.3, -0.25) is 9.59 Å². The largest absolute Gasteiger partial charge is 0.497 e. The first-order valence-electron chi connectivity index (χ1n) is 11.0. The lowest BCUT2D eigenvalue weighted by atomic mass is 10.1. The molecule has 0 bridgehead atoms. The van der Waals surface area contributed by atoms with Crippen molar-refractivity contribution in [2.45, 2.75) is 45.5 Å². The number of halogens is 2. The number of thioether (sulfide) groups is 1. The molecule has 0 saturated heterocycles. The van der Waals surface area contributed by atoms with Gasteiger partial charge < -0.3 is 15.0 Å². The van der Waals surface area contributed by atoms with Crippen molar-refractivity contribution in [1.29, 1.82) is 0 Å². The van der Waals surface area contributed by atoms with Crippen LogP contribution < -0.4 is 10.1 Å². The molecule has 1 N–H and O–H groups in total. The number of nitrogens with zero attached hydrogens (tertiary/aromatic N) is 1. The fourth-order valence-electron chi connectivity index (χ4n) is 3.30. The van der Waals surface area contributed by atoms with Gasteiger partial charge in [-0.1, -0.05) is 62.2 Å². The van der Waals surface area contributed by atoms with Gasteiger partial charge in [0.25, 0.3) is 0 Å². The highest BCUT2D eigenvalue weighted by atomic mass is 35.5. The highest BCUT2D eigenvalue weighted by Crippen LogP contribution is 2.28. The number of methoxy groups -OCH3 is 1. The van der Waals surface area contributed by atoms with E-state index in [0.29, 0.717) is 47.0 Å². The van der Waals surface area contributed by atoms with E-state index in [4.69, 9.17) is 27.9 Å². The van der Waals surface area contributed by atoms with E-state index in [-0.39, 0.29) is 17.6 Å². The van der Waals surface area contributed by atoms with E-state index in [1.54, 1.807) is 30.2 Å². The zero-order valence-electron chi connectivity index (χ0n) is 19.6. The fraction of sp³-hybridized carbons (Fsp3) is 0.440. The van der Waals surface area contributed by atoms with Gasteiger partial charge in [0.15, 0.2) is 0 Å². The lowest BCUT2D eigenvalue weighted by Crippen LogP contribution is -2.50. The van der Waals surface area contributed by atoms with Gasteiger partial charge in [0.1, 0.15) is 11.8 Å². The predicted octanol–water partition coefficient (Wildman–Crippen LogP) is 5.81. The lowest BCUT2D eigenvalue weighted by molar-refractivity contribution is -0.139. The van der Waals surface area contributed by atoms with Gasteiger partial charge in [-0.05, 0) is 47.7 Å². The van der Waals surface area contributed by atoms with Crippen LogP contribution in [-0.4, -0.2) is 42.2 Å². The SMILES string of the molecule is CCC(C(=O)NCC(C)C)N(Cc1cccc(OC)c1)C(=O)CSCc1c(Cl)cccc1Cl. The number of rotatable bonds is 12. The molecule has 0 radical (unpaired) electrons. The van der Waals surface area contributed by atoms with Crippen molar-refractivity contribution in [2.24, 2.45) is 5.92 Å². The highest BCUT2D eigenvalue weighted by Gasteiger charge is 2.28. The van der Waals surface area contributed by atoms with Crippen LogP contribution in [-0.2, 0) is 21.9 Å². The molecule has 0 heterocycles. The normalized spacial score (nSPS) is 11.8. The van der Waals surface area contributed by atoms with Crippen LogP contribution in [0.25, 0.3) is 0 Å². The molecule has 0 saturated carbocycles. The number of carbonyl (C=O) groups excluding carboxylic acids is 2. The van der Waals surface area contributed by atoms with Crippen molar-refractivity contribution in [3.63, 3.8) is 0 Å². The molecular weight excluding hydrogens is 479 g/mol. The second-order valence-corrected chi connectivity index (χ2v) is 9.93. The van der Waals surface area contributed by atoms with E-state index in [1.165, 1.54) is 11.8 Å². The maximum absolute atomic E-state index is 13.3. The Labute approximate surface area is 211 Å². The number of amides is 2. The van der Waals surface area contributed by atoms with E-state index in [1.807, 2.05) is 45.0 Å². The summed E-state index contributed by atoms with van der Waals surface area (Å²) in [6, 6.07) is 12.3. The zero-order valence-corrected chi connectivity index (χ0v) is 21.9. The summed E-state index contributed by atoms with van der Waals surface area (Å²) in [6.07, 6.45) is 0.515. The molecule has 8 heteroatoms. The summed E-state index contributed by atoms with van der Waals surface area (Å²) < 4.78 is 5.32. The van der Waals surface area contributed by atoms with Crippen LogP contribution in [0.15, 0.2) is 42.5 Å². The van der Waals surface area contributed by atoms with Crippen LogP contribution in [0.5, 0.6) is 5.75 Å². The molecule has 5 nitrogen and oxygen atoms in total. The standard InChI is InChI=1S/C25H32Cl2N2O3S/c1-5-23(25(31)28-13-17(2)3)29(14-18-8-6-9-19(12-18)32-4)24(30)16-33-15-20-21(26)10-7-11-22(20)27/h6-12,17,23H,5,13-16H2,1-4H3,(H,28,31). The Balaban J connectivity index is 2.18. The van der Waals surface area contributed by atoms with Crippen LogP contribution in [0.4, 0.5) is 0 Å². The highest BCUT2D eigenvalue weighted by molar-refractivity contribution is 7.99. The average Bonchev–Trinajstić information content (AvgIpc) is 2.79. The fourth-order valence-corrected chi connectivity index (χ4v) is 4.95. The molecule has 2 aromatic carbocycles. The molecule has 33 heavy (non-hydrogen) atoms. The third kappa shape index (κ3) is 8.43. The average molecular weight is 512 g/mol. The Morgan fingerprint density at radius 1 is 1.12 bits per heavy atom. The monoisotopic (exact) mass is 510 g/mol. The summed E-state index contributed by atoms with van der Waals surface area (Å²) >= 11 is 14.0. The minimum atomic E-state index is -0.563. The first-order valence-corrected chi connectivity index (χ1v) is 12.9. The predicted molar refractivity (Wildman–Crippen MR) is 138 cm³/mol. The molecule has 0 fully saturated rings. The second kappa shape index (κ2) is 13.7. The Morgan fingerprint density at radius 3 is 2.39 bits per heavy atom. The molecule has 1 atom stereocenters. The van der Waals surface area contributed by atoms with E-state index < -0.39 is 6.04 Å². The number of hydrogen-bond donors (Lipinski definition) is 1.